The maximum absolute atomic E-state index is 12.4. The van der Waals surface area contributed by atoms with Crippen molar-refractivity contribution in [2.24, 2.45) is 0 Å². The van der Waals surface area contributed by atoms with Crippen molar-refractivity contribution in [1.29, 1.82) is 5.26 Å². The van der Waals surface area contributed by atoms with Crippen molar-refractivity contribution in [1.82, 2.24) is 5.32 Å². The van der Waals surface area contributed by atoms with Crippen LogP contribution in [-0.4, -0.2) is 11.7 Å². The van der Waals surface area contributed by atoms with Crippen molar-refractivity contribution in [3.8, 4) is 6.07 Å². The van der Waals surface area contributed by atoms with E-state index < -0.39 is 0 Å². The van der Waals surface area contributed by atoms with Gasteiger partial charge in [0, 0.05) is 16.2 Å². The first-order chi connectivity index (χ1) is 10.3. The van der Waals surface area contributed by atoms with Gasteiger partial charge in [-0.3, -0.25) is 4.79 Å². The lowest BCUT2D eigenvalue weighted by molar-refractivity contribution is 0.0935. The predicted molar refractivity (Wildman–Crippen MR) is 83.1 cm³/mol. The Hall–Kier alpha value is -2.25. The second kappa shape index (κ2) is 6.02. The molecule has 0 spiro atoms. The zero-order valence-corrected chi connectivity index (χ0v) is 12.2. The fourth-order valence-corrected chi connectivity index (χ4v) is 3.59. The fourth-order valence-electron chi connectivity index (χ4n) is 2.46. The number of hydrogen-bond donors (Lipinski definition) is 1. The van der Waals surface area contributed by atoms with E-state index in [1.165, 1.54) is 10.5 Å². The summed E-state index contributed by atoms with van der Waals surface area (Å²) in [6, 6.07) is 17.1. The van der Waals surface area contributed by atoms with E-state index in [9.17, 15) is 4.79 Å². The van der Waals surface area contributed by atoms with E-state index in [1.807, 2.05) is 23.9 Å². The lowest BCUT2D eigenvalue weighted by atomic mass is 10.0. The first kappa shape index (κ1) is 13.7. The van der Waals surface area contributed by atoms with Gasteiger partial charge < -0.3 is 5.32 Å². The van der Waals surface area contributed by atoms with Crippen LogP contribution in [0.25, 0.3) is 0 Å². The first-order valence-electron chi connectivity index (χ1n) is 6.80. The summed E-state index contributed by atoms with van der Waals surface area (Å²) in [4.78, 5) is 13.6. The summed E-state index contributed by atoms with van der Waals surface area (Å²) in [6.45, 7) is 0. The van der Waals surface area contributed by atoms with Crippen molar-refractivity contribution in [2.75, 3.05) is 5.75 Å². The van der Waals surface area contributed by atoms with Crippen molar-refractivity contribution < 1.29 is 4.79 Å². The number of nitrogens with zero attached hydrogens (tertiary/aromatic N) is 1. The molecule has 21 heavy (non-hydrogen) atoms. The third-order valence-corrected chi connectivity index (χ3v) is 4.64. The number of rotatable bonds is 2. The van der Waals surface area contributed by atoms with Gasteiger partial charge in [-0.25, -0.2) is 0 Å². The smallest absolute Gasteiger partial charge is 0.251 e. The number of nitrogens with one attached hydrogen (secondary N) is 1. The van der Waals surface area contributed by atoms with E-state index in [-0.39, 0.29) is 11.9 Å². The van der Waals surface area contributed by atoms with Crippen molar-refractivity contribution in [2.45, 2.75) is 17.4 Å². The van der Waals surface area contributed by atoms with Crippen LogP contribution in [0.1, 0.15) is 33.9 Å². The predicted octanol–water partition coefficient (Wildman–Crippen LogP) is 3.53. The largest absolute Gasteiger partial charge is 0.345 e. The van der Waals surface area contributed by atoms with Gasteiger partial charge in [0.1, 0.15) is 0 Å². The molecule has 1 amide bonds. The van der Waals surface area contributed by atoms with E-state index in [0.29, 0.717) is 11.1 Å². The highest BCUT2D eigenvalue weighted by molar-refractivity contribution is 7.99. The van der Waals surface area contributed by atoms with Gasteiger partial charge in [0.25, 0.3) is 5.91 Å². The quantitative estimate of drug-likeness (QED) is 0.922. The second-order valence-corrected chi connectivity index (χ2v) is 6.03. The molecule has 0 fully saturated rings. The first-order valence-corrected chi connectivity index (χ1v) is 7.79. The molecule has 2 aromatic carbocycles. The van der Waals surface area contributed by atoms with E-state index in [1.54, 1.807) is 24.3 Å². The molecule has 3 nitrogen and oxygen atoms in total. The Labute approximate surface area is 128 Å². The van der Waals surface area contributed by atoms with Crippen LogP contribution in [0.15, 0.2) is 53.4 Å². The van der Waals surface area contributed by atoms with Crippen LogP contribution in [0.2, 0.25) is 0 Å². The molecule has 0 bridgehead atoms. The Morgan fingerprint density at radius 3 is 2.95 bits per heavy atom. The summed E-state index contributed by atoms with van der Waals surface area (Å²) in [5.41, 5.74) is 2.21. The topological polar surface area (TPSA) is 52.9 Å². The summed E-state index contributed by atoms with van der Waals surface area (Å²) in [5.74, 6) is 0.874. The molecule has 1 heterocycles. The number of amides is 1. The monoisotopic (exact) mass is 294 g/mol. The fraction of sp³-hybridized carbons (Fsp3) is 0.176. The number of hydrogen-bond acceptors (Lipinski definition) is 3. The SMILES string of the molecule is N#Cc1cccc(C(=O)NC2CCSc3ccccc32)c1. The van der Waals surface area contributed by atoms with Crippen LogP contribution < -0.4 is 5.32 Å². The summed E-state index contributed by atoms with van der Waals surface area (Å²) in [7, 11) is 0. The normalized spacial score (nSPS) is 16.6. The van der Waals surface area contributed by atoms with Crippen LogP contribution in [0.4, 0.5) is 0 Å². The van der Waals surface area contributed by atoms with Gasteiger partial charge in [-0.15, -0.1) is 11.8 Å². The average molecular weight is 294 g/mol. The van der Waals surface area contributed by atoms with Crippen LogP contribution in [0.3, 0.4) is 0 Å². The molecule has 1 unspecified atom stereocenters. The van der Waals surface area contributed by atoms with E-state index >= 15 is 0 Å². The number of nitriles is 1. The molecule has 0 radical (unpaired) electrons. The highest BCUT2D eigenvalue weighted by atomic mass is 32.2. The van der Waals surface area contributed by atoms with Crippen LogP contribution in [0.5, 0.6) is 0 Å². The minimum Gasteiger partial charge on any atom is -0.345 e. The van der Waals surface area contributed by atoms with E-state index in [2.05, 4.69) is 23.5 Å². The molecule has 0 saturated heterocycles. The molecule has 0 saturated carbocycles. The Kier molecular flexibility index (Phi) is 3.94. The molecule has 1 N–H and O–H groups in total. The molecule has 0 aliphatic carbocycles. The molecule has 1 atom stereocenters. The molecular formula is C17H14N2OS. The van der Waals surface area contributed by atoms with Gasteiger partial charge >= 0.3 is 0 Å². The number of thioether (sulfide) groups is 1. The number of carbonyl (C=O) groups is 1. The summed E-state index contributed by atoms with van der Waals surface area (Å²) in [6.07, 6.45) is 0.922. The van der Waals surface area contributed by atoms with Crippen molar-refractivity contribution >= 4 is 17.7 Å². The lowest BCUT2D eigenvalue weighted by Gasteiger charge is -2.25. The maximum Gasteiger partial charge on any atom is 0.251 e. The molecule has 2 aromatic rings. The van der Waals surface area contributed by atoms with Gasteiger partial charge in [-0.05, 0) is 36.2 Å². The third kappa shape index (κ3) is 2.93. The second-order valence-electron chi connectivity index (χ2n) is 4.89. The number of benzene rings is 2. The maximum atomic E-state index is 12.4. The van der Waals surface area contributed by atoms with Crippen LogP contribution >= 0.6 is 11.8 Å². The lowest BCUT2D eigenvalue weighted by Crippen LogP contribution is -2.30. The van der Waals surface area contributed by atoms with Gasteiger partial charge in [0.05, 0.1) is 17.7 Å². The van der Waals surface area contributed by atoms with Crippen LogP contribution in [0, 0.1) is 11.3 Å². The number of carbonyl (C=O) groups excluding carboxylic acids is 1. The molecule has 4 heteroatoms. The molecule has 1 aliphatic rings. The van der Waals surface area contributed by atoms with Gasteiger partial charge in [0.2, 0.25) is 0 Å². The highest BCUT2D eigenvalue weighted by Crippen LogP contribution is 2.35. The minimum atomic E-state index is -0.126. The summed E-state index contributed by atoms with van der Waals surface area (Å²) >= 11 is 1.83. The molecular weight excluding hydrogens is 280 g/mol. The molecule has 0 aromatic heterocycles. The van der Waals surface area contributed by atoms with Crippen LogP contribution in [-0.2, 0) is 0 Å². The Balaban J connectivity index is 1.81. The highest BCUT2D eigenvalue weighted by Gasteiger charge is 2.22. The Morgan fingerprint density at radius 2 is 2.10 bits per heavy atom. The standard InChI is InChI=1S/C17H14N2OS/c18-11-12-4-3-5-13(10-12)17(20)19-15-8-9-21-16-7-2-1-6-14(15)16/h1-7,10,15H,8-9H2,(H,19,20). The molecule has 1 aliphatic heterocycles. The van der Waals surface area contributed by atoms with Gasteiger partial charge in [-0.1, -0.05) is 24.3 Å². The molecule has 3 rings (SSSR count). The Morgan fingerprint density at radius 1 is 1.24 bits per heavy atom. The van der Waals surface area contributed by atoms with E-state index in [4.69, 9.17) is 5.26 Å². The van der Waals surface area contributed by atoms with Crippen molar-refractivity contribution in [3.05, 3.63) is 65.2 Å². The van der Waals surface area contributed by atoms with E-state index in [0.717, 1.165) is 12.2 Å². The minimum absolute atomic E-state index is 0.0423. The third-order valence-electron chi connectivity index (χ3n) is 3.52. The van der Waals surface area contributed by atoms with Crippen molar-refractivity contribution in [3.63, 3.8) is 0 Å². The van der Waals surface area contributed by atoms with Gasteiger partial charge in [0.15, 0.2) is 0 Å². The number of fused-ring (bicyclic) bond motifs is 1. The summed E-state index contributed by atoms with van der Waals surface area (Å²) < 4.78 is 0. The summed E-state index contributed by atoms with van der Waals surface area (Å²) in [5, 5.41) is 12.0. The zero-order chi connectivity index (χ0) is 14.7. The zero-order valence-electron chi connectivity index (χ0n) is 11.4. The molecule has 104 valence electrons. The Bertz CT molecular complexity index is 721. The average Bonchev–Trinajstić information content (AvgIpc) is 2.55. The van der Waals surface area contributed by atoms with Gasteiger partial charge in [-0.2, -0.15) is 5.26 Å².